The normalized spacial score (nSPS) is 16.4. The number of halogens is 1. The Labute approximate surface area is 713 Å². The summed E-state index contributed by atoms with van der Waals surface area (Å²) in [6, 6.07) is 2.83. The molecule has 0 fully saturated rings. The number of anilines is 1. The van der Waals surface area contributed by atoms with Crippen molar-refractivity contribution in [1.29, 1.82) is 0 Å². The summed E-state index contributed by atoms with van der Waals surface area (Å²) in [4.78, 5) is 199. The summed E-state index contributed by atoms with van der Waals surface area (Å²) in [6.45, 7) is 3.89. The molecule has 0 spiro atoms. The van der Waals surface area contributed by atoms with E-state index in [1.165, 1.54) is 41.0 Å². The maximum atomic E-state index is 15.4. The second-order valence-corrected chi connectivity index (χ2v) is 30.2. The topological polar surface area (TPSA) is 567 Å². The van der Waals surface area contributed by atoms with Crippen LogP contribution in [0.2, 0.25) is 0 Å². The van der Waals surface area contributed by atoms with Gasteiger partial charge in [-0.3, -0.25) is 62.1 Å². The number of cyclic esters (lactones) is 1. The Kier molecular flexibility index (Phi) is 39.0. The number of hydrogen-bond acceptors (Lipinski definition) is 25. The van der Waals surface area contributed by atoms with E-state index < -0.39 is 170 Å². The third-order valence-corrected chi connectivity index (χ3v) is 20.6. The van der Waals surface area contributed by atoms with Gasteiger partial charge in [-0.1, -0.05) is 45.2 Å². The van der Waals surface area contributed by atoms with Crippen LogP contribution >= 0.6 is 0 Å². The van der Waals surface area contributed by atoms with Crippen molar-refractivity contribution in [2.75, 3.05) is 104 Å². The lowest BCUT2D eigenvalue weighted by atomic mass is 9.84. The second-order valence-electron chi connectivity index (χ2n) is 30.2. The first-order valence-corrected chi connectivity index (χ1v) is 41.3. The Bertz CT molecular complexity index is 4610. The molecule has 2 aromatic heterocycles. The molecule has 40 nitrogen and oxygen atoms in total. The molecular formula is C83H111FN14O26. The number of urea groups is 1. The number of benzene rings is 2. The van der Waals surface area contributed by atoms with Crippen molar-refractivity contribution in [2.45, 2.75) is 199 Å². The number of aliphatic carboxylic acids is 2. The quantitative estimate of drug-likeness (QED) is 0.0128. The lowest BCUT2D eigenvalue weighted by molar-refractivity contribution is -0.172. The molecule has 3 unspecified atom stereocenters. The van der Waals surface area contributed by atoms with Gasteiger partial charge in [-0.05, 0) is 124 Å². The van der Waals surface area contributed by atoms with Gasteiger partial charge >= 0.3 is 30.0 Å². The van der Waals surface area contributed by atoms with Crippen molar-refractivity contribution in [3.05, 3.63) is 91.5 Å². The number of nitrogens with zero attached hydrogens (tertiary/aromatic N) is 2. The number of aryl methyl sites for hydroxylation is 2. The monoisotopic (exact) mass is 1740 g/mol. The number of aliphatic hydroxyl groups is 1. The fraction of sp³-hybridized carbons (Fsp3) is 0.566. The molecule has 0 bridgehead atoms. The molecule has 4 aliphatic rings. The Morgan fingerprint density at radius 2 is 1.35 bits per heavy atom. The molecule has 4 aromatic rings. The van der Waals surface area contributed by atoms with Crippen LogP contribution in [0.5, 0.6) is 0 Å². The molecule has 0 radical (unpaired) electrons. The molecule has 676 valence electrons. The van der Waals surface area contributed by atoms with E-state index in [1.54, 1.807) is 27.7 Å². The van der Waals surface area contributed by atoms with Gasteiger partial charge in [-0.15, -0.1) is 5.92 Å². The molecule has 7 atom stereocenters. The lowest BCUT2D eigenvalue weighted by Gasteiger charge is -2.32. The zero-order chi connectivity index (χ0) is 89.8. The zero-order valence-electron chi connectivity index (χ0n) is 69.8. The van der Waals surface area contributed by atoms with Crippen molar-refractivity contribution in [3.8, 4) is 23.2 Å². The van der Waals surface area contributed by atoms with Gasteiger partial charge in [0.25, 0.3) is 5.56 Å². The van der Waals surface area contributed by atoms with Gasteiger partial charge in [0.05, 0.1) is 81.4 Å². The first-order valence-electron chi connectivity index (χ1n) is 41.3. The number of carboxylic acids is 2. The van der Waals surface area contributed by atoms with Gasteiger partial charge in [0.1, 0.15) is 75.9 Å². The third kappa shape index (κ3) is 30.0. The molecule has 2 aromatic carbocycles. The predicted molar refractivity (Wildman–Crippen MR) is 438 cm³/mol. The molecule has 12 amide bonds. The molecule has 2 aliphatic heterocycles. The molecule has 4 heterocycles. The van der Waals surface area contributed by atoms with Crippen LogP contribution in [0, 0.1) is 30.5 Å². The standard InChI is InChI=1S/C83H111FN14O26/c1-5-83(116)57-38-62-74-72(55-17-11-16-54-49(4)58(84)39-61(94-74)71(54)55)75(98(62)79(112)56(57)44-123-80(83)113)96-68(104)45-121-47-90-66(102)40-89-82(115)124-41-50-20-22-51(23-21-50)92-76(109)59(18-12-30-88-81(85)114)95-78(111)73(48(2)3)97-77(110)60(24-25-70(107)108)93-65(101)28-34-120-43-52(42-119-33-26-63(99)86-29-13-19-69(105)106)91-64(100)27-32-117-36-37-118-35-31-87-67(103)46-122-53-14-9-7-6-8-10-15-53/h20-23,38-39,48,52-53,59-60,73,75,116H,5-9,11-14,16-19,24-37,40-47H2,1-4H3,(H,86,99)(H,87,103)(H,89,115)(H,90,102)(H,91,100)(H,92,109)(H,93,101)(H,95,111)(H,96,104)(H,97,110)(H,105,106)(H,107,108)(H3,85,88,114)/t52?,53?,59-,60-,73-,75?,83-/m0/s1. The van der Waals surface area contributed by atoms with E-state index in [1.807, 2.05) is 0 Å². The van der Waals surface area contributed by atoms with Crippen molar-refractivity contribution in [3.63, 3.8) is 0 Å². The van der Waals surface area contributed by atoms with Gasteiger partial charge in [-0.25, -0.2) is 23.8 Å². The number of fused-ring (bicyclic) bond motifs is 5. The number of primary amides is 1. The second kappa shape index (κ2) is 49.5. The van der Waals surface area contributed by atoms with Gasteiger partial charge in [0.2, 0.25) is 53.2 Å². The Balaban J connectivity index is 0.767. The Morgan fingerprint density at radius 3 is 2.06 bits per heavy atom. The van der Waals surface area contributed by atoms with Crippen LogP contribution in [0.3, 0.4) is 0 Å². The van der Waals surface area contributed by atoms with Gasteiger partial charge in [0, 0.05) is 86.4 Å². The smallest absolute Gasteiger partial charge is 0.407 e. The Morgan fingerprint density at radius 1 is 0.669 bits per heavy atom. The molecule has 0 saturated carbocycles. The first-order chi connectivity index (χ1) is 59.4. The molecule has 41 heteroatoms. The highest BCUT2D eigenvalue weighted by Crippen LogP contribution is 2.47. The number of carbonyl (C=O) groups excluding carboxylic acids is 12. The minimum atomic E-state index is -2.15. The average molecular weight is 1740 g/mol. The van der Waals surface area contributed by atoms with E-state index in [0.29, 0.717) is 46.9 Å². The molecule has 124 heavy (non-hydrogen) atoms. The number of alkyl carbamates (subject to hydrolysis) is 1. The van der Waals surface area contributed by atoms with Crippen molar-refractivity contribution >= 4 is 99.8 Å². The molecule has 8 rings (SSSR count). The van der Waals surface area contributed by atoms with E-state index in [-0.39, 0.29) is 177 Å². The van der Waals surface area contributed by atoms with Crippen molar-refractivity contribution < 1.29 is 125 Å². The largest absolute Gasteiger partial charge is 0.481 e. The van der Waals surface area contributed by atoms with Crippen molar-refractivity contribution in [2.24, 2.45) is 11.7 Å². The molecule has 16 N–H and O–H groups in total. The van der Waals surface area contributed by atoms with Crippen LogP contribution in [0.25, 0.3) is 22.3 Å². The third-order valence-electron chi connectivity index (χ3n) is 20.6. The number of nitrogens with two attached hydrogens (primary N) is 1. The highest BCUT2D eigenvalue weighted by molar-refractivity contribution is 5.99. The zero-order valence-corrected chi connectivity index (χ0v) is 69.8. The predicted octanol–water partition coefficient (Wildman–Crippen LogP) is 1.18. The summed E-state index contributed by atoms with van der Waals surface area (Å²) in [5, 5.41) is 59.2. The minimum absolute atomic E-state index is 0.00269. The highest BCUT2D eigenvalue weighted by atomic mass is 19.1. The molecule has 0 saturated heterocycles. The van der Waals surface area contributed by atoms with Crippen LogP contribution in [0.15, 0.2) is 41.2 Å². The maximum Gasteiger partial charge on any atom is 0.407 e. The van der Waals surface area contributed by atoms with Crippen molar-refractivity contribution in [1.82, 2.24) is 62.7 Å². The summed E-state index contributed by atoms with van der Waals surface area (Å²) in [7, 11) is 0. The summed E-state index contributed by atoms with van der Waals surface area (Å²) >= 11 is 0. The Hall–Kier alpha value is -11.8. The summed E-state index contributed by atoms with van der Waals surface area (Å²) < 4.78 is 60.8. The SMILES string of the molecule is CC[C@@]1(O)C(=O)OCc2c1cc1n(c2=O)C(NC(=O)COCNC(=O)CNC(=O)OCc2ccc(NC(=O)[C@H](CCCNC(N)=O)NC(=O)[C@@H](NC(=O)[C@H](CCC(=O)O)NC(=O)CCOCC(COCCC(=O)NCCCC(=O)O)NC(=O)CCOCCOCCNC(=O)COC3C#CCCCCC3)C(C)C)cc2)c2c-1nc1cc(F)c(C)c3c1c2CCC3. The van der Waals surface area contributed by atoms with Crippen LogP contribution in [0.1, 0.15) is 169 Å². The van der Waals surface area contributed by atoms with Crippen LogP contribution in [0.4, 0.5) is 19.7 Å². The number of nitrogens with one attached hydrogen (secondary N) is 11. The number of ether oxygens (including phenoxy) is 8. The number of carboxylic acid groups (broad SMARTS) is 2. The van der Waals surface area contributed by atoms with E-state index >= 15 is 4.39 Å². The number of amides is 12. The molecular weight excluding hydrogens is 1630 g/mol. The molecule has 2 aliphatic carbocycles. The van der Waals surface area contributed by atoms with Gasteiger partial charge < -0.3 is 117 Å². The highest BCUT2D eigenvalue weighted by Gasteiger charge is 2.47. The summed E-state index contributed by atoms with van der Waals surface area (Å²) in [6.07, 6.45) is 2.33. The number of rotatable bonds is 52. The average Bonchev–Trinajstić information content (AvgIpc) is 1.54. The number of hydrogen-bond donors (Lipinski definition) is 15. The first kappa shape index (κ1) is 97.6. The van der Waals surface area contributed by atoms with Crippen LogP contribution in [-0.2, 0) is 127 Å². The number of esters is 1. The van der Waals surface area contributed by atoms with Crippen LogP contribution in [-0.4, -0.2) is 237 Å². The maximum absolute atomic E-state index is 15.4. The van der Waals surface area contributed by atoms with E-state index in [2.05, 4.69) is 70.3 Å². The van der Waals surface area contributed by atoms with E-state index in [9.17, 15) is 82.1 Å². The summed E-state index contributed by atoms with van der Waals surface area (Å²) in [5.74, 6) is -4.22. The minimum Gasteiger partial charge on any atom is -0.481 e. The van der Waals surface area contributed by atoms with Gasteiger partial charge in [0.15, 0.2) is 5.60 Å². The van der Waals surface area contributed by atoms with Crippen LogP contribution < -0.4 is 69.8 Å². The van der Waals surface area contributed by atoms with Gasteiger partial charge in [-0.2, -0.15) is 0 Å². The number of pyridine rings is 2. The number of aromatic nitrogens is 2. The van der Waals surface area contributed by atoms with E-state index in [0.717, 1.165) is 43.2 Å². The fourth-order valence-electron chi connectivity index (χ4n) is 14.0. The summed E-state index contributed by atoms with van der Waals surface area (Å²) in [5.41, 5.74) is 6.29. The number of carbonyl (C=O) groups is 14. The van der Waals surface area contributed by atoms with E-state index in [4.69, 9.17) is 53.7 Å². The lowest BCUT2D eigenvalue weighted by Crippen LogP contribution is -2.58. The fourth-order valence-corrected chi connectivity index (χ4v) is 14.0.